The first-order valence-electron chi connectivity index (χ1n) is 10.1. The largest absolute Gasteiger partial charge is 0.550 e. The van der Waals surface area contributed by atoms with E-state index in [9.17, 15) is 19.5 Å². The molecule has 2 saturated carbocycles. The Hall–Kier alpha value is -2.63. The number of nitrogens with one attached hydrogen (secondary N) is 2. The molecule has 3 aliphatic rings. The molecule has 2 fully saturated rings. The molecule has 2 amide bonds. The van der Waals surface area contributed by atoms with Crippen LogP contribution in [0.1, 0.15) is 48.9 Å². The van der Waals surface area contributed by atoms with Crippen LogP contribution in [0, 0.1) is 23.7 Å². The number of allylic oxidation sites excluding steroid dienone is 2. The normalized spacial score (nSPS) is 28.9. The summed E-state index contributed by atoms with van der Waals surface area (Å²) in [7, 11) is 0. The number of carboxylic acid groups (broad SMARTS) is 1. The van der Waals surface area contributed by atoms with Crippen LogP contribution >= 0.6 is 0 Å². The number of hydrogen-bond donors (Lipinski definition) is 2. The van der Waals surface area contributed by atoms with Gasteiger partial charge in [0.1, 0.15) is 0 Å². The van der Waals surface area contributed by atoms with Crippen LogP contribution < -0.4 is 15.7 Å². The maximum absolute atomic E-state index is 12.7. The van der Waals surface area contributed by atoms with E-state index in [1.807, 2.05) is 12.2 Å². The molecule has 0 heterocycles. The van der Waals surface area contributed by atoms with E-state index in [0.717, 1.165) is 25.7 Å². The quantitative estimate of drug-likeness (QED) is 0.761. The number of fused-ring (bicyclic) bond motifs is 2. The van der Waals surface area contributed by atoms with Crippen LogP contribution in [0.25, 0.3) is 0 Å². The first-order chi connectivity index (χ1) is 13.5. The fraction of sp³-hybridized carbons (Fsp3) is 0.500. The van der Waals surface area contributed by atoms with Crippen molar-refractivity contribution in [2.45, 2.75) is 44.6 Å². The summed E-state index contributed by atoms with van der Waals surface area (Å²) in [6, 6.07) is 6.98. The van der Waals surface area contributed by atoms with Crippen molar-refractivity contribution in [1.29, 1.82) is 0 Å². The third-order valence-electron chi connectivity index (χ3n) is 6.39. The Labute approximate surface area is 164 Å². The molecular weight excluding hydrogens is 356 g/mol. The zero-order valence-electron chi connectivity index (χ0n) is 15.7. The summed E-state index contributed by atoms with van der Waals surface area (Å²) in [5, 5.41) is 17.3. The maximum atomic E-state index is 12.7. The van der Waals surface area contributed by atoms with Crippen LogP contribution in [0.2, 0.25) is 0 Å². The Bertz CT molecular complexity index is 795. The molecule has 6 nitrogen and oxygen atoms in total. The summed E-state index contributed by atoms with van der Waals surface area (Å²) in [4.78, 5) is 36.5. The second kappa shape index (κ2) is 7.78. The molecule has 2 bridgehead atoms. The predicted octanol–water partition coefficient (Wildman–Crippen LogP) is 1.88. The molecule has 148 valence electrons. The summed E-state index contributed by atoms with van der Waals surface area (Å²) in [6.45, 7) is 0. The number of carbonyl (C=O) groups is 3. The number of benzene rings is 1. The van der Waals surface area contributed by atoms with Crippen molar-refractivity contribution in [3.63, 3.8) is 0 Å². The SMILES string of the molecule is O=C(NC1CCCCC1)c1ccc(NC(=O)[C@H]2[C@H](C(=O)[O-])[C@@H]3C=C[C@H]2C3)cc1. The monoisotopic (exact) mass is 381 g/mol. The molecule has 4 rings (SSSR count). The van der Waals surface area contributed by atoms with E-state index in [0.29, 0.717) is 17.7 Å². The summed E-state index contributed by atoms with van der Waals surface area (Å²) < 4.78 is 0. The number of hydrogen-bond acceptors (Lipinski definition) is 4. The molecule has 28 heavy (non-hydrogen) atoms. The van der Waals surface area contributed by atoms with Crippen LogP contribution in [0.3, 0.4) is 0 Å². The van der Waals surface area contributed by atoms with E-state index in [1.54, 1.807) is 24.3 Å². The van der Waals surface area contributed by atoms with Gasteiger partial charge in [0, 0.05) is 29.2 Å². The highest BCUT2D eigenvalue weighted by molar-refractivity contribution is 5.98. The average Bonchev–Trinajstić information content (AvgIpc) is 3.31. The van der Waals surface area contributed by atoms with Crippen molar-refractivity contribution in [2.75, 3.05) is 5.32 Å². The minimum atomic E-state index is -1.16. The Morgan fingerprint density at radius 2 is 1.54 bits per heavy atom. The van der Waals surface area contributed by atoms with Crippen molar-refractivity contribution in [1.82, 2.24) is 5.32 Å². The highest BCUT2D eigenvalue weighted by Crippen LogP contribution is 2.48. The lowest BCUT2D eigenvalue weighted by atomic mass is 9.82. The molecule has 3 aliphatic carbocycles. The fourth-order valence-corrected chi connectivity index (χ4v) is 4.95. The molecule has 0 aliphatic heterocycles. The molecule has 0 spiro atoms. The van der Waals surface area contributed by atoms with Gasteiger partial charge in [0.05, 0.1) is 5.92 Å². The van der Waals surface area contributed by atoms with Gasteiger partial charge in [-0.15, -0.1) is 0 Å². The second-order valence-corrected chi connectivity index (χ2v) is 8.19. The smallest absolute Gasteiger partial charge is 0.251 e. The van der Waals surface area contributed by atoms with Gasteiger partial charge in [-0.3, -0.25) is 9.59 Å². The number of anilines is 1. The molecule has 6 heteroatoms. The van der Waals surface area contributed by atoms with Crippen molar-refractivity contribution in [3.05, 3.63) is 42.0 Å². The fourth-order valence-electron chi connectivity index (χ4n) is 4.95. The molecule has 0 saturated heterocycles. The van der Waals surface area contributed by atoms with Crippen molar-refractivity contribution >= 4 is 23.5 Å². The van der Waals surface area contributed by atoms with Gasteiger partial charge in [-0.1, -0.05) is 31.4 Å². The van der Waals surface area contributed by atoms with E-state index >= 15 is 0 Å². The third kappa shape index (κ3) is 3.68. The first kappa shape index (κ1) is 18.7. The third-order valence-corrected chi connectivity index (χ3v) is 6.39. The van der Waals surface area contributed by atoms with Crippen LogP contribution in [0.15, 0.2) is 36.4 Å². The minimum absolute atomic E-state index is 0.0477. The van der Waals surface area contributed by atoms with Crippen LogP contribution in [0.4, 0.5) is 5.69 Å². The summed E-state index contributed by atoms with van der Waals surface area (Å²) in [5.41, 5.74) is 1.11. The number of aliphatic carboxylic acids is 1. The van der Waals surface area contributed by atoms with E-state index in [4.69, 9.17) is 0 Å². The number of rotatable bonds is 5. The van der Waals surface area contributed by atoms with Crippen molar-refractivity contribution in [3.8, 4) is 0 Å². The predicted molar refractivity (Wildman–Crippen MR) is 102 cm³/mol. The Morgan fingerprint density at radius 3 is 2.18 bits per heavy atom. The number of carboxylic acids is 1. The molecule has 0 radical (unpaired) electrons. The van der Waals surface area contributed by atoms with E-state index < -0.39 is 17.8 Å². The van der Waals surface area contributed by atoms with Crippen molar-refractivity contribution < 1.29 is 19.5 Å². The molecule has 2 N–H and O–H groups in total. The average molecular weight is 381 g/mol. The lowest BCUT2D eigenvalue weighted by molar-refractivity contribution is -0.313. The van der Waals surface area contributed by atoms with Gasteiger partial charge in [0.15, 0.2) is 0 Å². The number of carbonyl (C=O) groups excluding carboxylic acids is 3. The van der Waals surface area contributed by atoms with E-state index in [1.165, 1.54) is 6.42 Å². The standard InChI is InChI=1S/C22H26N2O4/c25-20(23-16-4-2-1-3-5-16)13-8-10-17(11-9-13)24-21(26)18-14-6-7-15(12-14)19(18)22(27)28/h6-11,14-16,18-19H,1-5,12H2,(H,23,25)(H,24,26)(H,27,28)/p-1/t14-,15+,18+,19+/m0/s1. The summed E-state index contributed by atoms with van der Waals surface area (Å²) in [6.07, 6.45) is 10.1. The number of amides is 2. The van der Waals surface area contributed by atoms with Gasteiger partial charge in [0.25, 0.3) is 5.91 Å². The lowest BCUT2D eigenvalue weighted by Gasteiger charge is -2.27. The molecule has 1 aromatic carbocycles. The Balaban J connectivity index is 1.37. The highest BCUT2D eigenvalue weighted by Gasteiger charge is 2.48. The molecule has 0 unspecified atom stereocenters. The summed E-state index contributed by atoms with van der Waals surface area (Å²) in [5.74, 6) is -3.09. The van der Waals surface area contributed by atoms with Crippen LogP contribution in [-0.2, 0) is 9.59 Å². The molecular formula is C22H25N2O4-. The molecule has 4 atom stereocenters. The second-order valence-electron chi connectivity index (χ2n) is 8.19. The van der Waals surface area contributed by atoms with E-state index in [2.05, 4.69) is 10.6 Å². The van der Waals surface area contributed by atoms with E-state index in [-0.39, 0.29) is 29.7 Å². The van der Waals surface area contributed by atoms with Crippen molar-refractivity contribution in [2.24, 2.45) is 23.7 Å². The lowest BCUT2D eigenvalue weighted by Crippen LogP contribution is -2.42. The molecule has 0 aromatic heterocycles. The minimum Gasteiger partial charge on any atom is -0.550 e. The zero-order chi connectivity index (χ0) is 19.7. The van der Waals surface area contributed by atoms with Gasteiger partial charge in [-0.2, -0.15) is 0 Å². The summed E-state index contributed by atoms with van der Waals surface area (Å²) >= 11 is 0. The van der Waals surface area contributed by atoms with Gasteiger partial charge in [-0.25, -0.2) is 0 Å². The maximum Gasteiger partial charge on any atom is 0.251 e. The Kier molecular flexibility index (Phi) is 5.20. The topological polar surface area (TPSA) is 98.3 Å². The molecule has 1 aromatic rings. The van der Waals surface area contributed by atoms with Crippen LogP contribution in [0.5, 0.6) is 0 Å². The zero-order valence-corrected chi connectivity index (χ0v) is 15.7. The first-order valence-corrected chi connectivity index (χ1v) is 10.1. The van der Waals surface area contributed by atoms with Gasteiger partial charge in [-0.05, 0) is 55.4 Å². The van der Waals surface area contributed by atoms with Gasteiger partial charge >= 0.3 is 0 Å². The Morgan fingerprint density at radius 1 is 0.893 bits per heavy atom. The van der Waals surface area contributed by atoms with Gasteiger partial charge < -0.3 is 20.5 Å². The van der Waals surface area contributed by atoms with Crippen LogP contribution in [-0.4, -0.2) is 23.8 Å². The van der Waals surface area contributed by atoms with Gasteiger partial charge in [0.2, 0.25) is 5.91 Å². The highest BCUT2D eigenvalue weighted by atomic mass is 16.4.